The molecule has 3 rings (SSSR count). The van der Waals surface area contributed by atoms with Crippen molar-refractivity contribution in [3.8, 4) is 0 Å². The van der Waals surface area contributed by atoms with Crippen LogP contribution in [0.25, 0.3) is 12.2 Å². The van der Waals surface area contributed by atoms with Crippen LogP contribution >= 0.6 is 0 Å². The number of carbonyl (C=O) groups is 1. The van der Waals surface area contributed by atoms with Gasteiger partial charge in [0.1, 0.15) is 9.79 Å². The molecule has 0 fully saturated rings. The molecule has 1 heterocycles. The van der Waals surface area contributed by atoms with Gasteiger partial charge < -0.3 is 5.73 Å². The van der Waals surface area contributed by atoms with Crippen molar-refractivity contribution in [3.63, 3.8) is 0 Å². The van der Waals surface area contributed by atoms with Gasteiger partial charge in [-0.3, -0.25) is 13.9 Å². The number of rotatable bonds is 5. The fourth-order valence-electron chi connectivity index (χ4n) is 2.86. The number of nitrogens with zero attached hydrogens (tertiary/aromatic N) is 2. The van der Waals surface area contributed by atoms with Gasteiger partial charge in [-0.05, 0) is 42.3 Å². The van der Waals surface area contributed by atoms with Crippen LogP contribution in [0.2, 0.25) is 0 Å². The third kappa shape index (κ3) is 4.57. The Balaban J connectivity index is 2.09. The van der Waals surface area contributed by atoms with E-state index in [0.29, 0.717) is 5.71 Å². The molecule has 0 unspecified atom stereocenters. The molecule has 10 nitrogen and oxygen atoms in total. The lowest BCUT2D eigenvalue weighted by molar-refractivity contribution is -0.116. The maximum absolute atomic E-state index is 12.0. The Bertz CT molecular complexity index is 1310. The number of nitrogens with two attached hydrogens (primary N) is 1. The summed E-state index contributed by atoms with van der Waals surface area (Å²) in [6, 6.07) is 7.64. The first-order chi connectivity index (χ1) is 13.9. The van der Waals surface area contributed by atoms with Gasteiger partial charge in [0.25, 0.3) is 26.1 Å². The van der Waals surface area contributed by atoms with E-state index in [-0.39, 0.29) is 34.8 Å². The maximum Gasteiger partial charge on any atom is 0.295 e. The van der Waals surface area contributed by atoms with Crippen molar-refractivity contribution in [1.82, 2.24) is 0 Å². The van der Waals surface area contributed by atoms with E-state index in [1.165, 1.54) is 36.4 Å². The SMILES string of the molecule is CC1=NN(c2ccc(/C=C/c3ccc(N)cc3S(=O)(=O)O)c(S(=O)(=O)O)c2)C(=O)C1. The molecule has 1 amide bonds. The Kier molecular flexibility index (Phi) is 5.52. The minimum Gasteiger partial charge on any atom is -0.399 e. The molecule has 0 saturated carbocycles. The zero-order valence-corrected chi connectivity index (χ0v) is 17.2. The standard InChI is InChI=1S/C18H17N3O7S2/c1-11-8-18(22)21(20-11)15-7-5-13(17(10-15)30(26,27)28)3-2-12-4-6-14(19)9-16(12)29(23,24)25/h2-7,9-10H,8,19H2,1H3,(H,23,24,25)(H,26,27,28)/b3-2+. The zero-order valence-electron chi connectivity index (χ0n) is 15.5. The van der Waals surface area contributed by atoms with E-state index in [0.717, 1.165) is 17.1 Å². The first-order valence-electron chi connectivity index (χ1n) is 8.40. The number of nitrogen functional groups attached to an aromatic ring is 1. The fraction of sp³-hybridized carbons (Fsp3) is 0.111. The number of carbonyl (C=O) groups excluding carboxylic acids is 1. The molecule has 2 aromatic rings. The molecule has 1 aliphatic heterocycles. The van der Waals surface area contributed by atoms with E-state index in [4.69, 9.17) is 5.73 Å². The molecule has 2 aromatic carbocycles. The molecule has 0 aromatic heterocycles. The Morgan fingerprint density at radius 2 is 1.50 bits per heavy atom. The molecule has 30 heavy (non-hydrogen) atoms. The van der Waals surface area contributed by atoms with Crippen LogP contribution < -0.4 is 10.7 Å². The van der Waals surface area contributed by atoms with Gasteiger partial charge in [-0.25, -0.2) is 5.01 Å². The second-order valence-electron chi connectivity index (χ2n) is 6.52. The summed E-state index contributed by atoms with van der Waals surface area (Å²) in [5, 5.41) is 5.07. The number of anilines is 2. The summed E-state index contributed by atoms with van der Waals surface area (Å²) < 4.78 is 65.9. The highest BCUT2D eigenvalue weighted by Crippen LogP contribution is 2.28. The molecular weight excluding hydrogens is 434 g/mol. The van der Waals surface area contributed by atoms with Crippen molar-refractivity contribution < 1.29 is 30.7 Å². The average molecular weight is 451 g/mol. The van der Waals surface area contributed by atoms with Gasteiger partial charge in [0.05, 0.1) is 12.1 Å². The summed E-state index contributed by atoms with van der Waals surface area (Å²) in [4.78, 5) is 11.0. The lowest BCUT2D eigenvalue weighted by Crippen LogP contribution is -2.20. The highest BCUT2D eigenvalue weighted by Gasteiger charge is 2.25. The summed E-state index contributed by atoms with van der Waals surface area (Å²) >= 11 is 0. The smallest absolute Gasteiger partial charge is 0.295 e. The van der Waals surface area contributed by atoms with Gasteiger partial charge >= 0.3 is 0 Å². The van der Waals surface area contributed by atoms with Gasteiger partial charge in [0.15, 0.2) is 0 Å². The second kappa shape index (κ2) is 7.65. The van der Waals surface area contributed by atoms with Crippen molar-refractivity contribution >= 4 is 55.4 Å². The van der Waals surface area contributed by atoms with Crippen molar-refractivity contribution in [2.75, 3.05) is 10.7 Å². The van der Waals surface area contributed by atoms with Crippen LogP contribution in [-0.4, -0.2) is 37.6 Å². The first-order valence-corrected chi connectivity index (χ1v) is 11.3. The Labute approximate surface area is 172 Å². The first kappa shape index (κ1) is 21.6. The number of amides is 1. The monoisotopic (exact) mass is 451 g/mol. The molecule has 0 atom stereocenters. The average Bonchev–Trinajstić information content (AvgIpc) is 2.97. The third-order valence-corrected chi connectivity index (χ3v) is 6.01. The summed E-state index contributed by atoms with van der Waals surface area (Å²) in [7, 11) is -9.28. The maximum atomic E-state index is 12.0. The Hall–Kier alpha value is -3.06. The minimum absolute atomic E-state index is 0.0201. The van der Waals surface area contributed by atoms with Crippen LogP contribution in [-0.2, 0) is 25.0 Å². The van der Waals surface area contributed by atoms with E-state index in [1.807, 2.05) is 0 Å². The number of hydrazone groups is 1. The second-order valence-corrected chi connectivity index (χ2v) is 9.30. The van der Waals surface area contributed by atoms with Crippen LogP contribution in [0.5, 0.6) is 0 Å². The summed E-state index contributed by atoms with van der Waals surface area (Å²) in [6.45, 7) is 1.65. The third-order valence-electron chi connectivity index (χ3n) is 4.19. The topological polar surface area (TPSA) is 167 Å². The van der Waals surface area contributed by atoms with Crippen molar-refractivity contribution in [3.05, 3.63) is 47.5 Å². The van der Waals surface area contributed by atoms with Gasteiger partial charge in [0, 0.05) is 11.4 Å². The van der Waals surface area contributed by atoms with Crippen LogP contribution in [0.1, 0.15) is 24.5 Å². The van der Waals surface area contributed by atoms with Crippen LogP contribution in [0.4, 0.5) is 11.4 Å². The number of hydrogen-bond acceptors (Lipinski definition) is 7. The van der Waals surface area contributed by atoms with E-state index in [1.54, 1.807) is 6.92 Å². The van der Waals surface area contributed by atoms with Gasteiger partial charge in [-0.15, -0.1) is 0 Å². The van der Waals surface area contributed by atoms with Gasteiger partial charge in [-0.2, -0.15) is 21.9 Å². The minimum atomic E-state index is -4.69. The van der Waals surface area contributed by atoms with E-state index >= 15 is 0 Å². The molecule has 158 valence electrons. The number of benzene rings is 2. The molecular formula is C18H17N3O7S2. The Morgan fingerprint density at radius 3 is 2.00 bits per heavy atom. The van der Waals surface area contributed by atoms with Gasteiger partial charge in [0.2, 0.25) is 0 Å². The highest BCUT2D eigenvalue weighted by molar-refractivity contribution is 7.86. The molecule has 0 saturated heterocycles. The summed E-state index contributed by atoms with van der Waals surface area (Å²) in [5.41, 5.74) is 6.43. The predicted octanol–water partition coefficient (Wildman–Crippen LogP) is 2.05. The highest BCUT2D eigenvalue weighted by atomic mass is 32.2. The van der Waals surface area contributed by atoms with Crippen molar-refractivity contribution in [2.45, 2.75) is 23.1 Å². The fourth-order valence-corrected chi connectivity index (χ4v) is 4.29. The van der Waals surface area contributed by atoms with E-state index < -0.39 is 30.0 Å². The summed E-state index contributed by atoms with van der Waals surface area (Å²) in [5.74, 6) is -0.350. The lowest BCUT2D eigenvalue weighted by Gasteiger charge is -2.14. The van der Waals surface area contributed by atoms with E-state index in [2.05, 4.69) is 5.10 Å². The lowest BCUT2D eigenvalue weighted by atomic mass is 10.1. The largest absolute Gasteiger partial charge is 0.399 e. The van der Waals surface area contributed by atoms with Gasteiger partial charge in [-0.1, -0.05) is 24.3 Å². The van der Waals surface area contributed by atoms with Crippen LogP contribution in [0, 0.1) is 0 Å². The molecule has 12 heteroatoms. The summed E-state index contributed by atoms with van der Waals surface area (Å²) in [6.07, 6.45) is 2.58. The Morgan fingerprint density at radius 1 is 0.967 bits per heavy atom. The molecule has 0 radical (unpaired) electrons. The van der Waals surface area contributed by atoms with Crippen LogP contribution in [0.15, 0.2) is 51.3 Å². The molecule has 0 spiro atoms. The van der Waals surface area contributed by atoms with Crippen molar-refractivity contribution in [1.29, 1.82) is 0 Å². The number of hydrogen-bond donors (Lipinski definition) is 3. The molecule has 1 aliphatic rings. The van der Waals surface area contributed by atoms with Crippen molar-refractivity contribution in [2.24, 2.45) is 5.10 Å². The predicted molar refractivity (Wildman–Crippen MR) is 111 cm³/mol. The molecule has 0 aliphatic carbocycles. The normalized spacial score (nSPS) is 15.1. The zero-order chi connectivity index (χ0) is 22.3. The van der Waals surface area contributed by atoms with Crippen LogP contribution in [0.3, 0.4) is 0 Å². The molecule has 4 N–H and O–H groups in total. The quantitative estimate of drug-likeness (QED) is 0.352. The van der Waals surface area contributed by atoms with E-state index in [9.17, 15) is 30.7 Å². The molecule has 0 bridgehead atoms.